The number of rotatable bonds is 6. The van der Waals surface area contributed by atoms with Crippen molar-refractivity contribution in [3.63, 3.8) is 0 Å². The molecule has 6 nitrogen and oxygen atoms in total. The predicted molar refractivity (Wildman–Crippen MR) is 99.5 cm³/mol. The first-order valence-electron chi connectivity index (χ1n) is 8.58. The Labute approximate surface area is 162 Å². The normalized spacial score (nSPS) is 16.7. The van der Waals surface area contributed by atoms with Gasteiger partial charge in [-0.25, -0.2) is 0 Å². The second kappa shape index (κ2) is 9.66. The molecule has 1 aliphatic rings. The smallest absolute Gasteiger partial charge is 0.387 e. The van der Waals surface area contributed by atoms with Gasteiger partial charge in [-0.2, -0.15) is 13.9 Å². The molecular weight excluding hydrogens is 378 g/mol. The number of alkyl halides is 2. The van der Waals surface area contributed by atoms with Gasteiger partial charge in [-0.1, -0.05) is 12.1 Å². The van der Waals surface area contributed by atoms with Crippen molar-refractivity contribution in [3.8, 4) is 5.75 Å². The Morgan fingerprint density at radius 3 is 2.74 bits per heavy atom. The molecule has 0 bridgehead atoms. The molecule has 9 heteroatoms. The molecule has 1 amide bonds. The van der Waals surface area contributed by atoms with Gasteiger partial charge in [0, 0.05) is 26.3 Å². The van der Waals surface area contributed by atoms with Gasteiger partial charge in [-0.05, 0) is 43.1 Å². The SMILES string of the molecule is CN(Cc1ccc(OC(F)F)cc1)C(=O)c1ccn(C2CCCNC2)n1.Cl. The van der Waals surface area contributed by atoms with Crippen LogP contribution in [0.25, 0.3) is 0 Å². The van der Waals surface area contributed by atoms with E-state index >= 15 is 0 Å². The number of ether oxygens (including phenoxy) is 1. The van der Waals surface area contributed by atoms with Crippen molar-refractivity contribution in [1.82, 2.24) is 20.0 Å². The van der Waals surface area contributed by atoms with Crippen molar-refractivity contribution in [2.24, 2.45) is 0 Å². The number of piperidine rings is 1. The Balaban J connectivity index is 0.00000261. The molecule has 0 spiro atoms. The molecule has 1 aromatic heterocycles. The second-order valence-electron chi connectivity index (χ2n) is 6.36. The molecule has 3 rings (SSSR count). The molecule has 0 aliphatic carbocycles. The molecule has 27 heavy (non-hydrogen) atoms. The molecule has 0 radical (unpaired) electrons. The van der Waals surface area contributed by atoms with Crippen molar-refractivity contribution in [2.75, 3.05) is 20.1 Å². The fraction of sp³-hybridized carbons (Fsp3) is 0.444. The fourth-order valence-corrected chi connectivity index (χ4v) is 3.03. The Bertz CT molecular complexity index is 733. The summed E-state index contributed by atoms with van der Waals surface area (Å²) in [6.45, 7) is -0.614. The summed E-state index contributed by atoms with van der Waals surface area (Å²) in [5.74, 6) is -0.0852. The van der Waals surface area contributed by atoms with Crippen molar-refractivity contribution < 1.29 is 18.3 Å². The molecule has 0 saturated carbocycles. The standard InChI is InChI=1S/C18H22F2N4O2.ClH/c1-23(12-13-4-6-15(7-5-13)26-18(19)20)17(25)16-8-10-24(22-16)14-3-2-9-21-11-14;/h4-8,10,14,18,21H,2-3,9,11-12H2,1H3;1H. The highest BCUT2D eigenvalue weighted by atomic mass is 35.5. The van der Waals surface area contributed by atoms with E-state index < -0.39 is 6.61 Å². The van der Waals surface area contributed by atoms with Crippen LogP contribution in [-0.2, 0) is 6.54 Å². The van der Waals surface area contributed by atoms with E-state index in [1.807, 2.05) is 10.9 Å². The molecule has 1 N–H and O–H groups in total. The minimum Gasteiger partial charge on any atom is -0.435 e. The third kappa shape index (κ3) is 5.64. The highest BCUT2D eigenvalue weighted by molar-refractivity contribution is 5.92. The summed E-state index contributed by atoms with van der Waals surface area (Å²) >= 11 is 0. The molecule has 1 aliphatic heterocycles. The number of aromatic nitrogens is 2. The summed E-state index contributed by atoms with van der Waals surface area (Å²) < 4.78 is 30.5. The monoisotopic (exact) mass is 400 g/mol. The average Bonchev–Trinajstić information content (AvgIpc) is 3.13. The summed E-state index contributed by atoms with van der Waals surface area (Å²) in [6, 6.07) is 8.25. The van der Waals surface area contributed by atoms with Crippen LogP contribution in [0.3, 0.4) is 0 Å². The number of carbonyl (C=O) groups excluding carboxylic acids is 1. The zero-order valence-electron chi connectivity index (χ0n) is 15.0. The fourth-order valence-electron chi connectivity index (χ4n) is 3.03. The van der Waals surface area contributed by atoms with Crippen LogP contribution in [0.5, 0.6) is 5.75 Å². The first kappa shape index (κ1) is 21.1. The molecule has 1 saturated heterocycles. The van der Waals surface area contributed by atoms with E-state index in [9.17, 15) is 13.6 Å². The van der Waals surface area contributed by atoms with Crippen LogP contribution in [0, 0.1) is 0 Å². The van der Waals surface area contributed by atoms with Crippen LogP contribution in [0.1, 0.15) is 34.9 Å². The third-order valence-corrected chi connectivity index (χ3v) is 4.39. The van der Waals surface area contributed by atoms with Crippen LogP contribution in [-0.4, -0.2) is 47.3 Å². The van der Waals surface area contributed by atoms with Crippen molar-refractivity contribution in [2.45, 2.75) is 32.0 Å². The molecule has 148 valence electrons. The first-order valence-corrected chi connectivity index (χ1v) is 8.58. The van der Waals surface area contributed by atoms with Gasteiger partial charge in [0.2, 0.25) is 0 Å². The van der Waals surface area contributed by atoms with Gasteiger partial charge in [0.05, 0.1) is 6.04 Å². The van der Waals surface area contributed by atoms with E-state index in [4.69, 9.17) is 0 Å². The molecule has 1 fully saturated rings. The van der Waals surface area contributed by atoms with Crippen LogP contribution < -0.4 is 10.1 Å². The van der Waals surface area contributed by atoms with Crippen LogP contribution in [0.15, 0.2) is 36.5 Å². The zero-order valence-corrected chi connectivity index (χ0v) is 15.8. The molecular formula is C18H23ClF2N4O2. The number of amides is 1. The maximum Gasteiger partial charge on any atom is 0.387 e. The lowest BCUT2D eigenvalue weighted by molar-refractivity contribution is -0.0498. The summed E-state index contributed by atoms with van der Waals surface area (Å²) in [5.41, 5.74) is 1.22. The zero-order chi connectivity index (χ0) is 18.5. The maximum atomic E-state index is 12.6. The van der Waals surface area contributed by atoms with E-state index in [-0.39, 0.29) is 30.1 Å². The van der Waals surface area contributed by atoms with Crippen molar-refractivity contribution >= 4 is 18.3 Å². The van der Waals surface area contributed by atoms with Gasteiger partial charge in [-0.15, -0.1) is 12.4 Å². The van der Waals surface area contributed by atoms with E-state index in [1.54, 1.807) is 30.1 Å². The molecule has 1 atom stereocenters. The number of hydrogen-bond donors (Lipinski definition) is 1. The van der Waals surface area contributed by atoms with Crippen LogP contribution in [0.4, 0.5) is 8.78 Å². The third-order valence-electron chi connectivity index (χ3n) is 4.39. The predicted octanol–water partition coefficient (Wildman–Crippen LogP) is 3.10. The molecule has 2 heterocycles. The van der Waals surface area contributed by atoms with E-state index in [0.717, 1.165) is 31.5 Å². The van der Waals surface area contributed by atoms with Crippen LogP contribution >= 0.6 is 12.4 Å². The van der Waals surface area contributed by atoms with E-state index in [2.05, 4.69) is 15.2 Å². The summed E-state index contributed by atoms with van der Waals surface area (Å²) in [6.07, 6.45) is 3.99. The average molecular weight is 401 g/mol. The number of benzene rings is 1. The molecule has 1 aromatic carbocycles. The number of hydrogen-bond acceptors (Lipinski definition) is 4. The summed E-state index contributed by atoms with van der Waals surface area (Å²) in [4.78, 5) is 14.1. The topological polar surface area (TPSA) is 59.4 Å². The van der Waals surface area contributed by atoms with E-state index in [0.29, 0.717) is 12.2 Å². The Kier molecular flexibility index (Phi) is 7.55. The largest absolute Gasteiger partial charge is 0.435 e. The lowest BCUT2D eigenvalue weighted by atomic mass is 10.1. The minimum atomic E-state index is -2.85. The maximum absolute atomic E-state index is 12.6. The lowest BCUT2D eigenvalue weighted by Gasteiger charge is -2.23. The minimum absolute atomic E-state index is 0. The number of halogens is 3. The van der Waals surface area contributed by atoms with Crippen molar-refractivity contribution in [3.05, 3.63) is 47.8 Å². The van der Waals surface area contributed by atoms with Crippen LogP contribution in [0.2, 0.25) is 0 Å². The summed E-state index contributed by atoms with van der Waals surface area (Å²) in [5, 5.41) is 7.76. The van der Waals surface area contributed by atoms with Gasteiger partial charge in [0.25, 0.3) is 5.91 Å². The Hall–Kier alpha value is -2.19. The number of carbonyl (C=O) groups is 1. The van der Waals surface area contributed by atoms with E-state index in [1.165, 1.54) is 12.1 Å². The quantitative estimate of drug-likeness (QED) is 0.809. The van der Waals surface area contributed by atoms with Gasteiger partial charge < -0.3 is 15.0 Å². The molecule has 1 unspecified atom stereocenters. The van der Waals surface area contributed by atoms with Gasteiger partial charge in [0.1, 0.15) is 11.4 Å². The first-order chi connectivity index (χ1) is 12.5. The Morgan fingerprint density at radius 1 is 1.37 bits per heavy atom. The summed E-state index contributed by atoms with van der Waals surface area (Å²) in [7, 11) is 1.69. The van der Waals surface area contributed by atoms with Gasteiger partial charge in [0.15, 0.2) is 0 Å². The Morgan fingerprint density at radius 2 is 2.11 bits per heavy atom. The van der Waals surface area contributed by atoms with Gasteiger partial charge in [-0.3, -0.25) is 9.48 Å². The lowest BCUT2D eigenvalue weighted by Crippen LogP contribution is -2.32. The number of nitrogens with zero attached hydrogens (tertiary/aromatic N) is 3. The molecule has 2 aromatic rings. The van der Waals surface area contributed by atoms with Gasteiger partial charge >= 0.3 is 6.61 Å². The second-order valence-corrected chi connectivity index (χ2v) is 6.36. The van der Waals surface area contributed by atoms with Crippen molar-refractivity contribution in [1.29, 1.82) is 0 Å². The highest BCUT2D eigenvalue weighted by Crippen LogP contribution is 2.18. The number of nitrogens with one attached hydrogen (secondary N) is 1. The highest BCUT2D eigenvalue weighted by Gasteiger charge is 2.19.